The van der Waals surface area contributed by atoms with Gasteiger partial charge in [-0.1, -0.05) is 0 Å². The summed E-state index contributed by atoms with van der Waals surface area (Å²) in [5.41, 5.74) is 1.68. The lowest BCUT2D eigenvalue weighted by atomic mass is 9.94. The maximum Gasteiger partial charge on any atom is 0.200 e. The Balaban J connectivity index is 2.49. The number of allylic oxidation sites excluding steroid dienone is 2. The molecule has 3 rings (SSSR count). The zero-order valence-electron chi connectivity index (χ0n) is 14.5. The number of aliphatic imine (C=N–C) groups is 1. The van der Waals surface area contributed by atoms with Crippen molar-refractivity contribution < 1.29 is 22.0 Å². The van der Waals surface area contributed by atoms with Gasteiger partial charge in [-0.2, -0.15) is 0 Å². The summed E-state index contributed by atoms with van der Waals surface area (Å²) in [6.07, 6.45) is 1.67. The molecule has 0 unspecified atom stereocenters. The Morgan fingerprint density at radius 3 is 1.81 bits per heavy atom. The van der Waals surface area contributed by atoms with Crippen LogP contribution in [0.25, 0.3) is 5.57 Å². The van der Waals surface area contributed by atoms with Gasteiger partial charge >= 0.3 is 0 Å². The number of benzene rings is 1. The fourth-order valence-electron chi connectivity index (χ4n) is 3.11. The minimum absolute atomic E-state index is 0.158. The molecule has 0 radical (unpaired) electrons. The molecule has 1 aliphatic heterocycles. The lowest BCUT2D eigenvalue weighted by Crippen LogP contribution is -2.09. The van der Waals surface area contributed by atoms with E-state index in [4.69, 9.17) is 0 Å². The number of nitrogens with one attached hydrogen (secondary N) is 1. The second kappa shape index (κ2) is 6.23. The van der Waals surface area contributed by atoms with Crippen LogP contribution in [0.15, 0.2) is 28.4 Å². The molecule has 1 aromatic heterocycles. The first-order valence-electron chi connectivity index (χ1n) is 7.80. The molecule has 2 nitrogen and oxygen atoms in total. The summed E-state index contributed by atoms with van der Waals surface area (Å²) in [6, 6.07) is 1.71. The zero-order valence-corrected chi connectivity index (χ0v) is 14.5. The maximum atomic E-state index is 14.5. The Hall–Kier alpha value is -2.70. The standard InChI is InChI=1S/C19H15F5N2/c1-7-5-9(3)25-18(7)12(19-8(2)6-10(4)26-19)11-13(20)15(22)17(24)16(23)14(11)21/h5-6,25H,1-4H3. The van der Waals surface area contributed by atoms with Crippen molar-refractivity contribution in [2.75, 3.05) is 0 Å². The summed E-state index contributed by atoms with van der Waals surface area (Å²) in [7, 11) is 0. The Bertz CT molecular complexity index is 996. The van der Waals surface area contributed by atoms with Gasteiger partial charge in [-0.25, -0.2) is 22.0 Å². The molecule has 0 atom stereocenters. The van der Waals surface area contributed by atoms with Gasteiger partial charge < -0.3 is 4.98 Å². The monoisotopic (exact) mass is 366 g/mol. The molecular weight excluding hydrogens is 351 g/mol. The minimum atomic E-state index is -2.19. The summed E-state index contributed by atoms with van der Waals surface area (Å²) in [5.74, 6) is -9.94. The van der Waals surface area contributed by atoms with Gasteiger partial charge in [-0.15, -0.1) is 0 Å². The lowest BCUT2D eigenvalue weighted by molar-refractivity contribution is 0.376. The van der Waals surface area contributed by atoms with Gasteiger partial charge in [0, 0.05) is 17.0 Å². The molecule has 7 heteroatoms. The van der Waals surface area contributed by atoms with E-state index in [1.54, 1.807) is 39.8 Å². The van der Waals surface area contributed by atoms with Crippen molar-refractivity contribution in [3.05, 3.63) is 75.0 Å². The highest BCUT2D eigenvalue weighted by atomic mass is 19.2. The first-order chi connectivity index (χ1) is 12.1. The van der Waals surface area contributed by atoms with Crippen LogP contribution in [0.5, 0.6) is 0 Å². The molecule has 0 saturated carbocycles. The second-order valence-corrected chi connectivity index (χ2v) is 6.26. The Morgan fingerprint density at radius 2 is 1.38 bits per heavy atom. The Labute approximate surface area is 146 Å². The largest absolute Gasteiger partial charge is 0.358 e. The van der Waals surface area contributed by atoms with Gasteiger partial charge in [0.05, 0.1) is 17.0 Å². The Kier molecular flexibility index (Phi) is 4.34. The molecular formula is C19H15F5N2. The highest BCUT2D eigenvalue weighted by Crippen LogP contribution is 2.39. The van der Waals surface area contributed by atoms with E-state index in [2.05, 4.69) is 9.98 Å². The highest BCUT2D eigenvalue weighted by molar-refractivity contribution is 6.01. The van der Waals surface area contributed by atoms with Crippen molar-refractivity contribution in [1.82, 2.24) is 4.98 Å². The maximum absolute atomic E-state index is 14.5. The van der Waals surface area contributed by atoms with Crippen molar-refractivity contribution in [3.63, 3.8) is 0 Å². The summed E-state index contributed by atoms with van der Waals surface area (Å²) >= 11 is 0. The summed E-state index contributed by atoms with van der Waals surface area (Å²) in [4.78, 5) is 7.19. The van der Waals surface area contributed by atoms with Crippen LogP contribution < -0.4 is 0 Å². The van der Waals surface area contributed by atoms with Crippen LogP contribution in [-0.4, -0.2) is 10.7 Å². The molecule has 1 aromatic carbocycles. The third-order valence-corrected chi connectivity index (χ3v) is 4.18. The van der Waals surface area contributed by atoms with Crippen molar-refractivity contribution in [3.8, 4) is 0 Å². The van der Waals surface area contributed by atoms with Gasteiger partial charge in [0.2, 0.25) is 5.82 Å². The number of hydrogen-bond donors (Lipinski definition) is 1. The van der Waals surface area contributed by atoms with Crippen LogP contribution in [0.4, 0.5) is 22.0 Å². The first-order valence-corrected chi connectivity index (χ1v) is 7.80. The van der Waals surface area contributed by atoms with Gasteiger partial charge in [0.25, 0.3) is 0 Å². The van der Waals surface area contributed by atoms with Crippen LogP contribution in [-0.2, 0) is 0 Å². The molecule has 1 aliphatic rings. The fraction of sp³-hybridized carbons (Fsp3) is 0.211. The number of aromatic amines is 1. The highest BCUT2D eigenvalue weighted by Gasteiger charge is 2.32. The van der Waals surface area contributed by atoms with Crippen LogP contribution in [0, 0.1) is 42.9 Å². The molecule has 0 saturated heterocycles. The molecule has 1 N–H and O–H groups in total. The third kappa shape index (κ3) is 2.67. The van der Waals surface area contributed by atoms with Crippen LogP contribution >= 0.6 is 0 Å². The number of aryl methyl sites for hydroxylation is 2. The van der Waals surface area contributed by atoms with Gasteiger partial charge in [-0.3, -0.25) is 4.99 Å². The lowest BCUT2D eigenvalue weighted by Gasteiger charge is -2.15. The van der Waals surface area contributed by atoms with Crippen molar-refractivity contribution in [2.45, 2.75) is 27.7 Å². The summed E-state index contributed by atoms with van der Waals surface area (Å²) in [5, 5.41) is 0. The van der Waals surface area contributed by atoms with Crippen molar-refractivity contribution in [1.29, 1.82) is 0 Å². The number of halogens is 5. The Morgan fingerprint density at radius 1 is 0.846 bits per heavy atom. The molecule has 2 heterocycles. The van der Waals surface area contributed by atoms with E-state index in [0.717, 1.165) is 0 Å². The quantitative estimate of drug-likeness (QED) is 0.413. The van der Waals surface area contributed by atoms with Crippen LogP contribution in [0.1, 0.15) is 36.4 Å². The van der Waals surface area contributed by atoms with Gasteiger partial charge in [0.15, 0.2) is 23.3 Å². The third-order valence-electron chi connectivity index (χ3n) is 4.18. The van der Waals surface area contributed by atoms with Gasteiger partial charge in [0.1, 0.15) is 0 Å². The SMILES string of the molecule is CC1=CC(C)=NC1=C(c1[nH]c(C)cc1C)c1c(F)c(F)c(F)c(F)c1F. The van der Waals surface area contributed by atoms with E-state index in [0.29, 0.717) is 22.5 Å². The van der Waals surface area contributed by atoms with Crippen LogP contribution in [0.2, 0.25) is 0 Å². The first kappa shape index (κ1) is 18.1. The minimum Gasteiger partial charge on any atom is -0.358 e. The van der Waals surface area contributed by atoms with Gasteiger partial charge in [-0.05, 0) is 51.0 Å². The van der Waals surface area contributed by atoms with Crippen molar-refractivity contribution >= 4 is 11.3 Å². The number of H-pyrrole nitrogens is 1. The number of hydrogen-bond acceptors (Lipinski definition) is 1. The molecule has 0 amide bonds. The number of rotatable bonds is 2. The predicted octanol–water partition coefficient (Wildman–Crippen LogP) is 5.51. The second-order valence-electron chi connectivity index (χ2n) is 6.26. The fourth-order valence-corrected chi connectivity index (χ4v) is 3.11. The average molecular weight is 366 g/mol. The van der Waals surface area contributed by atoms with E-state index >= 15 is 0 Å². The topological polar surface area (TPSA) is 28.1 Å². The number of aromatic nitrogens is 1. The molecule has 0 bridgehead atoms. The van der Waals surface area contributed by atoms with Crippen LogP contribution in [0.3, 0.4) is 0 Å². The van der Waals surface area contributed by atoms with E-state index in [-0.39, 0.29) is 17.0 Å². The van der Waals surface area contributed by atoms with E-state index in [1.165, 1.54) is 0 Å². The normalized spacial score (nSPS) is 16.0. The zero-order chi connectivity index (χ0) is 19.3. The predicted molar refractivity (Wildman–Crippen MR) is 89.4 cm³/mol. The number of nitrogens with zero attached hydrogens (tertiary/aromatic N) is 1. The molecule has 0 spiro atoms. The van der Waals surface area contributed by atoms with Crippen molar-refractivity contribution in [2.24, 2.45) is 4.99 Å². The molecule has 0 fully saturated rings. The average Bonchev–Trinajstić information content (AvgIpc) is 3.08. The van der Waals surface area contributed by atoms with E-state index in [1.807, 2.05) is 0 Å². The summed E-state index contributed by atoms with van der Waals surface area (Å²) in [6.45, 7) is 6.74. The molecule has 26 heavy (non-hydrogen) atoms. The molecule has 136 valence electrons. The van der Waals surface area contributed by atoms with E-state index < -0.39 is 34.6 Å². The molecule has 2 aromatic rings. The summed E-state index contributed by atoms with van der Waals surface area (Å²) < 4.78 is 70.1. The smallest absolute Gasteiger partial charge is 0.200 e. The molecule has 0 aliphatic carbocycles. The van der Waals surface area contributed by atoms with E-state index in [9.17, 15) is 22.0 Å².